The number of furan rings is 1. The quantitative estimate of drug-likeness (QED) is 0.777. The fourth-order valence-corrected chi connectivity index (χ4v) is 2.88. The van der Waals surface area contributed by atoms with Gasteiger partial charge < -0.3 is 9.73 Å². The minimum Gasteiger partial charge on any atom is -0.447 e. The summed E-state index contributed by atoms with van der Waals surface area (Å²) in [6.45, 7) is 1.54. The molecule has 0 bridgehead atoms. The average Bonchev–Trinajstić information content (AvgIpc) is 2.75. The number of hydrogen-bond acceptors (Lipinski definition) is 4. The minimum atomic E-state index is -3.46. The van der Waals surface area contributed by atoms with Gasteiger partial charge in [0.1, 0.15) is 5.76 Å². The highest BCUT2D eigenvalue weighted by Crippen LogP contribution is 2.28. The third-order valence-corrected chi connectivity index (χ3v) is 5.31. The smallest absolute Gasteiger partial charge is 0.275 e. The third-order valence-electron chi connectivity index (χ3n) is 3.63. The second-order valence-corrected chi connectivity index (χ2v) is 7.35. The Hall–Kier alpha value is -0.850. The standard InChI is InChI=1S/C13H22N2O3S/c1-15(2)19(16,17)13-7-6-12(18-13)10-14-9-8-11-4-3-5-11/h6-7,11,14H,3-5,8-10H2,1-2H3. The zero-order chi connectivity index (χ0) is 13.9. The van der Waals surface area contributed by atoms with Crippen LogP contribution in [0.3, 0.4) is 0 Å². The van der Waals surface area contributed by atoms with Gasteiger partial charge in [0.25, 0.3) is 10.0 Å². The Bertz CT molecular complexity index is 504. The summed E-state index contributed by atoms with van der Waals surface area (Å²) in [5.74, 6) is 1.54. The van der Waals surface area contributed by atoms with E-state index in [2.05, 4.69) is 5.32 Å². The molecule has 1 heterocycles. The van der Waals surface area contributed by atoms with Gasteiger partial charge in [-0.3, -0.25) is 0 Å². The third kappa shape index (κ3) is 3.58. The van der Waals surface area contributed by atoms with Crippen LogP contribution >= 0.6 is 0 Å². The number of rotatable bonds is 7. The Morgan fingerprint density at radius 3 is 2.68 bits per heavy atom. The SMILES string of the molecule is CN(C)S(=O)(=O)c1ccc(CNCCC2CCC2)o1. The molecular formula is C13H22N2O3S. The van der Waals surface area contributed by atoms with E-state index in [0.717, 1.165) is 16.8 Å². The molecule has 1 aliphatic rings. The summed E-state index contributed by atoms with van der Waals surface area (Å²) in [5, 5.41) is 3.30. The Labute approximate surface area is 115 Å². The zero-order valence-corrected chi connectivity index (χ0v) is 12.4. The number of nitrogens with zero attached hydrogens (tertiary/aromatic N) is 1. The highest BCUT2D eigenvalue weighted by Gasteiger charge is 2.21. The number of hydrogen-bond donors (Lipinski definition) is 1. The molecule has 1 saturated carbocycles. The first-order chi connectivity index (χ1) is 9.00. The molecule has 1 aliphatic carbocycles. The summed E-state index contributed by atoms with van der Waals surface area (Å²) in [5.41, 5.74) is 0. The fourth-order valence-electron chi connectivity index (χ4n) is 2.07. The van der Waals surface area contributed by atoms with E-state index in [0.29, 0.717) is 12.3 Å². The zero-order valence-electron chi connectivity index (χ0n) is 11.6. The second-order valence-electron chi connectivity index (χ2n) is 5.27. The summed E-state index contributed by atoms with van der Waals surface area (Å²) < 4.78 is 30.2. The lowest BCUT2D eigenvalue weighted by atomic mass is 9.83. The molecule has 19 heavy (non-hydrogen) atoms. The molecule has 0 aliphatic heterocycles. The van der Waals surface area contributed by atoms with Crippen molar-refractivity contribution >= 4 is 10.0 Å². The van der Waals surface area contributed by atoms with Crippen molar-refractivity contribution in [2.45, 2.75) is 37.3 Å². The monoisotopic (exact) mass is 286 g/mol. The van der Waals surface area contributed by atoms with E-state index in [-0.39, 0.29) is 5.09 Å². The van der Waals surface area contributed by atoms with Gasteiger partial charge in [0, 0.05) is 14.1 Å². The average molecular weight is 286 g/mol. The van der Waals surface area contributed by atoms with Crippen LogP contribution in [0.25, 0.3) is 0 Å². The first-order valence-corrected chi connectivity index (χ1v) is 8.16. The van der Waals surface area contributed by atoms with E-state index >= 15 is 0 Å². The van der Waals surface area contributed by atoms with Crippen LogP contribution in [0, 0.1) is 5.92 Å². The molecule has 2 rings (SSSR count). The molecule has 1 N–H and O–H groups in total. The van der Waals surface area contributed by atoms with Crippen LogP contribution in [0.15, 0.2) is 21.6 Å². The molecule has 108 valence electrons. The largest absolute Gasteiger partial charge is 0.447 e. The van der Waals surface area contributed by atoms with Crippen LogP contribution in [-0.4, -0.2) is 33.4 Å². The lowest BCUT2D eigenvalue weighted by Crippen LogP contribution is -2.22. The first kappa shape index (κ1) is 14.6. The summed E-state index contributed by atoms with van der Waals surface area (Å²) in [6, 6.07) is 3.23. The minimum absolute atomic E-state index is 0.00768. The van der Waals surface area contributed by atoms with Gasteiger partial charge >= 0.3 is 0 Å². The van der Waals surface area contributed by atoms with Gasteiger partial charge in [-0.25, -0.2) is 12.7 Å². The molecular weight excluding hydrogens is 264 g/mol. The van der Waals surface area contributed by atoms with E-state index < -0.39 is 10.0 Å². The molecule has 1 aromatic rings. The summed E-state index contributed by atoms with van der Waals surface area (Å²) in [6.07, 6.45) is 5.28. The van der Waals surface area contributed by atoms with Gasteiger partial charge in [0.15, 0.2) is 0 Å². The van der Waals surface area contributed by atoms with Crippen molar-refractivity contribution in [3.63, 3.8) is 0 Å². The molecule has 0 spiro atoms. The summed E-state index contributed by atoms with van der Waals surface area (Å²) >= 11 is 0. The van der Waals surface area contributed by atoms with Crippen molar-refractivity contribution in [1.29, 1.82) is 0 Å². The lowest BCUT2D eigenvalue weighted by Gasteiger charge is -2.25. The van der Waals surface area contributed by atoms with Gasteiger partial charge in [0.05, 0.1) is 6.54 Å². The maximum Gasteiger partial charge on any atom is 0.275 e. The highest BCUT2D eigenvalue weighted by atomic mass is 32.2. The Morgan fingerprint density at radius 2 is 2.11 bits per heavy atom. The topological polar surface area (TPSA) is 62.6 Å². The van der Waals surface area contributed by atoms with E-state index in [9.17, 15) is 8.42 Å². The van der Waals surface area contributed by atoms with Crippen LogP contribution in [0.1, 0.15) is 31.4 Å². The summed E-state index contributed by atoms with van der Waals surface area (Å²) in [7, 11) is -0.467. The Morgan fingerprint density at radius 1 is 1.37 bits per heavy atom. The Kier molecular flexibility index (Phi) is 4.65. The fraction of sp³-hybridized carbons (Fsp3) is 0.692. The van der Waals surface area contributed by atoms with Gasteiger partial charge in [-0.15, -0.1) is 0 Å². The van der Waals surface area contributed by atoms with Gasteiger partial charge in [-0.1, -0.05) is 19.3 Å². The van der Waals surface area contributed by atoms with E-state index in [1.54, 1.807) is 6.07 Å². The van der Waals surface area contributed by atoms with E-state index in [1.165, 1.54) is 45.8 Å². The number of sulfonamides is 1. The van der Waals surface area contributed by atoms with Crippen LogP contribution in [-0.2, 0) is 16.6 Å². The molecule has 5 nitrogen and oxygen atoms in total. The highest BCUT2D eigenvalue weighted by molar-refractivity contribution is 7.88. The molecule has 0 radical (unpaired) electrons. The predicted octanol–water partition coefficient (Wildman–Crippen LogP) is 1.81. The second kappa shape index (κ2) is 6.07. The van der Waals surface area contributed by atoms with E-state index in [1.807, 2.05) is 0 Å². The molecule has 0 atom stereocenters. The maximum atomic E-state index is 11.8. The van der Waals surface area contributed by atoms with Crippen LogP contribution in [0.2, 0.25) is 0 Å². The molecule has 1 fully saturated rings. The van der Waals surface area contributed by atoms with Crippen molar-refractivity contribution in [3.8, 4) is 0 Å². The van der Waals surface area contributed by atoms with Crippen molar-refractivity contribution in [2.24, 2.45) is 5.92 Å². The molecule has 0 amide bonds. The van der Waals surface area contributed by atoms with Gasteiger partial charge in [-0.2, -0.15) is 0 Å². The van der Waals surface area contributed by atoms with Gasteiger partial charge in [-0.05, 0) is 31.0 Å². The van der Waals surface area contributed by atoms with E-state index in [4.69, 9.17) is 4.42 Å². The molecule has 0 saturated heterocycles. The normalized spacial score (nSPS) is 16.8. The first-order valence-electron chi connectivity index (χ1n) is 6.72. The summed E-state index contributed by atoms with van der Waals surface area (Å²) in [4.78, 5) is 0. The molecule has 1 aromatic heterocycles. The molecule has 6 heteroatoms. The van der Waals surface area contributed by atoms with Crippen molar-refractivity contribution in [3.05, 3.63) is 17.9 Å². The molecule has 0 unspecified atom stereocenters. The van der Waals surface area contributed by atoms with Crippen LogP contribution in [0.5, 0.6) is 0 Å². The predicted molar refractivity (Wildman–Crippen MR) is 73.2 cm³/mol. The van der Waals surface area contributed by atoms with Crippen molar-refractivity contribution < 1.29 is 12.8 Å². The van der Waals surface area contributed by atoms with Crippen molar-refractivity contribution in [2.75, 3.05) is 20.6 Å². The van der Waals surface area contributed by atoms with Crippen LogP contribution < -0.4 is 5.32 Å². The molecule has 0 aromatic carbocycles. The van der Waals surface area contributed by atoms with Crippen molar-refractivity contribution in [1.82, 2.24) is 9.62 Å². The van der Waals surface area contributed by atoms with Gasteiger partial charge in [0.2, 0.25) is 5.09 Å². The lowest BCUT2D eigenvalue weighted by molar-refractivity contribution is 0.289. The Balaban J connectivity index is 1.80. The van der Waals surface area contributed by atoms with Crippen LogP contribution in [0.4, 0.5) is 0 Å². The maximum absolute atomic E-state index is 11.8. The number of nitrogens with one attached hydrogen (secondary N) is 1.